The van der Waals surface area contributed by atoms with Gasteiger partial charge in [0.25, 0.3) is 0 Å². The molecule has 1 rings (SSSR count). The molecule has 0 aromatic heterocycles. The highest BCUT2D eigenvalue weighted by Crippen LogP contribution is 2.19. The van der Waals surface area contributed by atoms with Crippen molar-refractivity contribution in [2.45, 2.75) is 20.3 Å². The number of hydrogen-bond donors (Lipinski definition) is 0. The number of carbonyl (C=O) groups is 1. The number of carbonyl (C=O) groups excluding carboxylic acids is 1. The Hall–Kier alpha value is -0.410. The van der Waals surface area contributed by atoms with Crippen molar-refractivity contribution in [3.63, 3.8) is 0 Å². The monoisotopic (exact) mass is 198 g/mol. The number of nitrogens with zero attached hydrogens (tertiary/aromatic N) is 2. The highest BCUT2D eigenvalue weighted by molar-refractivity contribution is 5.58. The van der Waals surface area contributed by atoms with Crippen LogP contribution in [0.25, 0.3) is 0 Å². The first-order valence-electron chi connectivity index (χ1n) is 5.47. The largest absolute Gasteiger partial charge is 0.304 e. The molecular weight excluding hydrogens is 176 g/mol. The first-order chi connectivity index (χ1) is 6.59. The summed E-state index contributed by atoms with van der Waals surface area (Å²) in [7, 11) is 2.15. The summed E-state index contributed by atoms with van der Waals surface area (Å²) in [4.78, 5) is 15.7. The fourth-order valence-corrected chi connectivity index (χ4v) is 1.75. The number of aldehydes is 1. The molecule has 1 saturated heterocycles. The van der Waals surface area contributed by atoms with Crippen LogP contribution in [0.2, 0.25) is 0 Å². The molecule has 0 amide bonds. The lowest BCUT2D eigenvalue weighted by molar-refractivity contribution is -0.116. The number of hydrogen-bond acceptors (Lipinski definition) is 3. The van der Waals surface area contributed by atoms with Crippen molar-refractivity contribution in [2.24, 2.45) is 5.41 Å². The Morgan fingerprint density at radius 1 is 1.29 bits per heavy atom. The molecule has 3 heteroatoms. The van der Waals surface area contributed by atoms with Gasteiger partial charge < -0.3 is 9.69 Å². The number of rotatable bonds is 4. The van der Waals surface area contributed by atoms with Crippen LogP contribution in [0.4, 0.5) is 0 Å². The maximum atomic E-state index is 11.0. The van der Waals surface area contributed by atoms with Crippen LogP contribution in [0, 0.1) is 5.41 Å². The van der Waals surface area contributed by atoms with E-state index in [-0.39, 0.29) is 5.41 Å². The van der Waals surface area contributed by atoms with Crippen LogP contribution in [-0.2, 0) is 4.79 Å². The molecular formula is C11H22N2O. The summed E-state index contributed by atoms with van der Waals surface area (Å²) >= 11 is 0. The van der Waals surface area contributed by atoms with Gasteiger partial charge >= 0.3 is 0 Å². The Kier molecular flexibility index (Phi) is 4.08. The second-order valence-electron chi connectivity index (χ2n) is 4.70. The van der Waals surface area contributed by atoms with Crippen LogP contribution in [0.5, 0.6) is 0 Å². The van der Waals surface area contributed by atoms with Crippen molar-refractivity contribution in [1.29, 1.82) is 0 Å². The standard InChI is InChI=1S/C11H22N2O/c1-4-11(2,10-14)9-13-7-5-12(3)6-8-13/h10H,4-9H2,1-3H3. The van der Waals surface area contributed by atoms with Gasteiger partial charge in [-0.25, -0.2) is 0 Å². The van der Waals surface area contributed by atoms with Crippen LogP contribution < -0.4 is 0 Å². The first-order valence-corrected chi connectivity index (χ1v) is 5.47. The normalized spacial score (nSPS) is 24.5. The third kappa shape index (κ3) is 3.07. The fourth-order valence-electron chi connectivity index (χ4n) is 1.75. The highest BCUT2D eigenvalue weighted by Gasteiger charge is 2.26. The van der Waals surface area contributed by atoms with Gasteiger partial charge in [-0.3, -0.25) is 4.90 Å². The molecule has 0 radical (unpaired) electrons. The van der Waals surface area contributed by atoms with Crippen molar-refractivity contribution in [2.75, 3.05) is 39.8 Å². The van der Waals surface area contributed by atoms with E-state index in [0.717, 1.165) is 45.4 Å². The summed E-state index contributed by atoms with van der Waals surface area (Å²) in [5.74, 6) is 0. The molecule has 0 aromatic carbocycles. The van der Waals surface area contributed by atoms with Gasteiger partial charge in [-0.15, -0.1) is 0 Å². The molecule has 0 saturated carbocycles. The molecule has 14 heavy (non-hydrogen) atoms. The van der Waals surface area contributed by atoms with E-state index in [1.54, 1.807) is 0 Å². The Morgan fingerprint density at radius 3 is 2.29 bits per heavy atom. The molecule has 1 atom stereocenters. The molecule has 1 fully saturated rings. The predicted octanol–water partition coefficient (Wildman–Crippen LogP) is 0.849. The van der Waals surface area contributed by atoms with E-state index in [9.17, 15) is 4.79 Å². The Labute approximate surface area is 87.1 Å². The molecule has 1 aliphatic rings. The van der Waals surface area contributed by atoms with E-state index in [1.165, 1.54) is 0 Å². The lowest BCUT2D eigenvalue weighted by atomic mass is 9.88. The molecule has 1 heterocycles. The van der Waals surface area contributed by atoms with Gasteiger partial charge in [0.15, 0.2) is 0 Å². The molecule has 1 unspecified atom stereocenters. The third-order valence-corrected chi connectivity index (χ3v) is 3.27. The Bertz CT molecular complexity index is 188. The van der Waals surface area contributed by atoms with Crippen molar-refractivity contribution in [1.82, 2.24) is 9.80 Å². The Morgan fingerprint density at radius 2 is 1.86 bits per heavy atom. The molecule has 0 bridgehead atoms. The average molecular weight is 198 g/mol. The van der Waals surface area contributed by atoms with Crippen molar-refractivity contribution >= 4 is 6.29 Å². The molecule has 0 aromatic rings. The van der Waals surface area contributed by atoms with Gasteiger partial charge in [-0.05, 0) is 13.5 Å². The summed E-state index contributed by atoms with van der Waals surface area (Å²) < 4.78 is 0. The zero-order valence-corrected chi connectivity index (χ0v) is 9.62. The fraction of sp³-hybridized carbons (Fsp3) is 0.909. The molecule has 1 aliphatic heterocycles. The van der Waals surface area contributed by atoms with E-state index in [0.29, 0.717) is 0 Å². The lowest BCUT2D eigenvalue weighted by Crippen LogP contribution is -2.48. The van der Waals surface area contributed by atoms with Gasteiger partial charge in [0.05, 0.1) is 0 Å². The third-order valence-electron chi connectivity index (χ3n) is 3.27. The van der Waals surface area contributed by atoms with E-state index >= 15 is 0 Å². The highest BCUT2D eigenvalue weighted by atomic mass is 16.1. The maximum Gasteiger partial charge on any atom is 0.127 e. The first kappa shape index (κ1) is 11.7. The minimum absolute atomic E-state index is 0.143. The second kappa shape index (κ2) is 4.89. The van der Waals surface area contributed by atoms with E-state index < -0.39 is 0 Å². The van der Waals surface area contributed by atoms with Gasteiger partial charge in [-0.1, -0.05) is 13.8 Å². The molecule has 0 spiro atoms. The molecule has 0 aliphatic carbocycles. The number of likely N-dealkylation sites (N-methyl/N-ethyl adjacent to an activating group) is 1. The summed E-state index contributed by atoms with van der Waals surface area (Å²) in [5, 5.41) is 0. The van der Waals surface area contributed by atoms with Crippen molar-refractivity contribution in [3.8, 4) is 0 Å². The quantitative estimate of drug-likeness (QED) is 0.626. The van der Waals surface area contributed by atoms with Crippen LogP contribution in [-0.4, -0.2) is 55.9 Å². The zero-order chi connectivity index (χ0) is 10.6. The lowest BCUT2D eigenvalue weighted by Gasteiger charge is -2.36. The topological polar surface area (TPSA) is 23.6 Å². The zero-order valence-electron chi connectivity index (χ0n) is 9.62. The van der Waals surface area contributed by atoms with Crippen LogP contribution >= 0.6 is 0 Å². The minimum Gasteiger partial charge on any atom is -0.304 e. The summed E-state index contributed by atoms with van der Waals surface area (Å²) in [6.45, 7) is 9.50. The van der Waals surface area contributed by atoms with E-state index in [1.807, 2.05) is 0 Å². The predicted molar refractivity (Wildman–Crippen MR) is 58.4 cm³/mol. The molecule has 82 valence electrons. The Balaban J connectivity index is 2.40. The summed E-state index contributed by atoms with van der Waals surface area (Å²) in [5.41, 5.74) is -0.143. The number of piperazine rings is 1. The van der Waals surface area contributed by atoms with Gasteiger partial charge in [0, 0.05) is 38.1 Å². The SMILES string of the molecule is CCC(C)(C=O)CN1CCN(C)CC1. The van der Waals surface area contributed by atoms with Crippen molar-refractivity contribution in [3.05, 3.63) is 0 Å². The minimum atomic E-state index is -0.143. The van der Waals surface area contributed by atoms with Gasteiger partial charge in [-0.2, -0.15) is 0 Å². The molecule has 0 N–H and O–H groups in total. The van der Waals surface area contributed by atoms with Crippen LogP contribution in [0.1, 0.15) is 20.3 Å². The van der Waals surface area contributed by atoms with Crippen LogP contribution in [0.15, 0.2) is 0 Å². The van der Waals surface area contributed by atoms with Crippen molar-refractivity contribution < 1.29 is 4.79 Å². The average Bonchev–Trinajstić information content (AvgIpc) is 2.21. The summed E-state index contributed by atoms with van der Waals surface area (Å²) in [6, 6.07) is 0. The smallest absolute Gasteiger partial charge is 0.127 e. The van der Waals surface area contributed by atoms with Crippen LogP contribution in [0.3, 0.4) is 0 Å². The van der Waals surface area contributed by atoms with E-state index in [4.69, 9.17) is 0 Å². The second-order valence-corrected chi connectivity index (χ2v) is 4.70. The maximum absolute atomic E-state index is 11.0. The van der Waals surface area contributed by atoms with E-state index in [2.05, 4.69) is 30.7 Å². The summed E-state index contributed by atoms with van der Waals surface area (Å²) in [6.07, 6.45) is 2.05. The molecule has 3 nitrogen and oxygen atoms in total. The van der Waals surface area contributed by atoms with Gasteiger partial charge in [0.1, 0.15) is 6.29 Å². The van der Waals surface area contributed by atoms with Gasteiger partial charge in [0.2, 0.25) is 0 Å².